The number of ether oxygens (including phenoxy) is 1. The van der Waals surface area contributed by atoms with Crippen LogP contribution in [0.3, 0.4) is 0 Å². The van der Waals surface area contributed by atoms with Crippen LogP contribution in [0.1, 0.15) is 42.4 Å². The largest absolute Gasteiger partial charge is 0.463 e. The van der Waals surface area contributed by atoms with E-state index in [1.54, 1.807) is 0 Å². The lowest BCUT2D eigenvalue weighted by atomic mass is 9.82. The third-order valence-corrected chi connectivity index (χ3v) is 3.94. The van der Waals surface area contributed by atoms with Gasteiger partial charge in [0.1, 0.15) is 6.61 Å². The quantitative estimate of drug-likeness (QED) is 0.822. The summed E-state index contributed by atoms with van der Waals surface area (Å²) < 4.78 is 5.48. The van der Waals surface area contributed by atoms with E-state index < -0.39 is 0 Å². The first kappa shape index (κ1) is 11.6. The highest BCUT2D eigenvalue weighted by Crippen LogP contribution is 2.38. The number of aryl methyl sites for hydroxylation is 2. The van der Waals surface area contributed by atoms with Crippen molar-refractivity contribution in [3.05, 3.63) is 28.8 Å². The van der Waals surface area contributed by atoms with E-state index >= 15 is 0 Å². The Morgan fingerprint density at radius 2 is 2.28 bits per heavy atom. The van der Waals surface area contributed by atoms with Crippen molar-refractivity contribution in [2.24, 2.45) is 4.99 Å². The summed E-state index contributed by atoms with van der Waals surface area (Å²) in [6.07, 6.45) is 3.77. The molecule has 3 heteroatoms. The van der Waals surface area contributed by atoms with Crippen LogP contribution < -0.4 is 5.32 Å². The molecule has 1 aromatic rings. The highest BCUT2D eigenvalue weighted by Gasteiger charge is 2.22. The predicted molar refractivity (Wildman–Crippen MR) is 74.4 cm³/mol. The van der Waals surface area contributed by atoms with Crippen LogP contribution in [0.4, 0.5) is 5.69 Å². The van der Waals surface area contributed by atoms with Crippen LogP contribution in [-0.4, -0.2) is 19.2 Å². The normalized spacial score (nSPS) is 22.1. The monoisotopic (exact) mass is 244 g/mol. The fourth-order valence-corrected chi connectivity index (χ4v) is 2.98. The van der Waals surface area contributed by atoms with Gasteiger partial charge in [0.25, 0.3) is 6.02 Å². The zero-order valence-electron chi connectivity index (χ0n) is 11.1. The summed E-state index contributed by atoms with van der Waals surface area (Å²) >= 11 is 0. The summed E-state index contributed by atoms with van der Waals surface area (Å²) in [4.78, 5) is 4.33. The Kier molecular flexibility index (Phi) is 2.98. The number of hydrogen-bond acceptors (Lipinski definition) is 3. The minimum Gasteiger partial charge on any atom is -0.463 e. The average molecular weight is 244 g/mol. The summed E-state index contributed by atoms with van der Waals surface area (Å²) in [5.41, 5.74) is 5.46. The Hall–Kier alpha value is -1.51. The highest BCUT2D eigenvalue weighted by molar-refractivity contribution is 5.92. The molecular weight excluding hydrogens is 224 g/mol. The van der Waals surface area contributed by atoms with Gasteiger partial charge in [-0.3, -0.25) is 0 Å². The smallest absolute Gasteiger partial charge is 0.289 e. The van der Waals surface area contributed by atoms with Gasteiger partial charge in [0.2, 0.25) is 0 Å². The molecule has 0 spiro atoms. The Bertz CT molecular complexity index is 494. The van der Waals surface area contributed by atoms with Crippen molar-refractivity contribution in [2.75, 3.05) is 18.5 Å². The van der Waals surface area contributed by atoms with Crippen molar-refractivity contribution in [1.29, 1.82) is 0 Å². The average Bonchev–Trinajstić information content (AvgIpc) is 2.86. The minimum absolute atomic E-state index is 0.623. The second-order valence-corrected chi connectivity index (χ2v) is 5.28. The number of benzene rings is 1. The van der Waals surface area contributed by atoms with E-state index in [1.807, 2.05) is 0 Å². The van der Waals surface area contributed by atoms with Gasteiger partial charge >= 0.3 is 0 Å². The van der Waals surface area contributed by atoms with Crippen molar-refractivity contribution in [3.8, 4) is 0 Å². The number of anilines is 1. The molecule has 0 bridgehead atoms. The lowest BCUT2D eigenvalue weighted by Gasteiger charge is -2.27. The van der Waals surface area contributed by atoms with E-state index in [2.05, 4.69) is 36.3 Å². The zero-order chi connectivity index (χ0) is 12.5. The fraction of sp³-hybridized carbons (Fsp3) is 0.533. The number of aliphatic imine (C=N–C) groups is 1. The lowest BCUT2D eigenvalue weighted by molar-refractivity contribution is 0.346. The molecule has 0 saturated carbocycles. The van der Waals surface area contributed by atoms with Crippen molar-refractivity contribution < 1.29 is 4.74 Å². The summed E-state index contributed by atoms with van der Waals surface area (Å²) in [6.45, 7) is 5.94. The van der Waals surface area contributed by atoms with E-state index in [0.29, 0.717) is 18.5 Å². The summed E-state index contributed by atoms with van der Waals surface area (Å²) in [6, 6.07) is 5.17. The lowest BCUT2D eigenvalue weighted by Crippen LogP contribution is -2.18. The van der Waals surface area contributed by atoms with Crippen molar-refractivity contribution in [2.45, 2.75) is 39.0 Å². The molecule has 3 rings (SSSR count). The molecule has 2 aliphatic rings. The highest BCUT2D eigenvalue weighted by atomic mass is 16.5. The van der Waals surface area contributed by atoms with E-state index in [-0.39, 0.29) is 0 Å². The zero-order valence-corrected chi connectivity index (χ0v) is 11.1. The molecule has 0 radical (unpaired) electrons. The maximum Gasteiger partial charge on any atom is 0.289 e. The van der Waals surface area contributed by atoms with Crippen LogP contribution in [-0.2, 0) is 11.2 Å². The third kappa shape index (κ3) is 1.98. The summed E-state index contributed by atoms with van der Waals surface area (Å²) in [7, 11) is 0. The van der Waals surface area contributed by atoms with E-state index in [1.165, 1.54) is 41.6 Å². The second-order valence-electron chi connectivity index (χ2n) is 5.28. The van der Waals surface area contributed by atoms with Crippen molar-refractivity contribution in [1.82, 2.24) is 0 Å². The number of amidine groups is 1. The topological polar surface area (TPSA) is 33.6 Å². The number of fused-ring (bicyclic) bond motifs is 1. The van der Waals surface area contributed by atoms with Gasteiger partial charge in [0, 0.05) is 5.69 Å². The first-order valence-electron chi connectivity index (χ1n) is 6.82. The molecule has 1 aliphatic carbocycles. The van der Waals surface area contributed by atoms with Gasteiger partial charge in [-0.05, 0) is 48.8 Å². The number of hydrogen-bond donors (Lipinski definition) is 1. The fourth-order valence-electron chi connectivity index (χ4n) is 2.98. The molecular formula is C15H20N2O. The van der Waals surface area contributed by atoms with Crippen molar-refractivity contribution >= 4 is 11.7 Å². The van der Waals surface area contributed by atoms with Crippen LogP contribution in [0.2, 0.25) is 0 Å². The Balaban J connectivity index is 2.01. The van der Waals surface area contributed by atoms with E-state index in [4.69, 9.17) is 4.74 Å². The van der Waals surface area contributed by atoms with Crippen LogP contribution >= 0.6 is 0 Å². The molecule has 0 amide bonds. The van der Waals surface area contributed by atoms with Gasteiger partial charge in [-0.25, -0.2) is 4.99 Å². The van der Waals surface area contributed by atoms with Gasteiger partial charge in [-0.1, -0.05) is 19.1 Å². The van der Waals surface area contributed by atoms with Crippen LogP contribution in [0.15, 0.2) is 17.1 Å². The van der Waals surface area contributed by atoms with Gasteiger partial charge in [0.15, 0.2) is 0 Å². The molecule has 0 fully saturated rings. The molecule has 18 heavy (non-hydrogen) atoms. The first-order valence-corrected chi connectivity index (χ1v) is 6.82. The Labute approximate surface area is 108 Å². The molecule has 1 aliphatic heterocycles. The molecule has 1 aromatic carbocycles. The van der Waals surface area contributed by atoms with Gasteiger partial charge < -0.3 is 10.1 Å². The SMILES string of the molecule is Cc1ccc2c(c1NC1=NCCO1)C(C)CCC2. The Morgan fingerprint density at radius 3 is 3.06 bits per heavy atom. The predicted octanol–water partition coefficient (Wildman–Crippen LogP) is 3.23. The molecule has 0 saturated heterocycles. The molecule has 96 valence electrons. The minimum atomic E-state index is 0.623. The molecule has 1 unspecified atom stereocenters. The van der Waals surface area contributed by atoms with Crippen LogP contribution in [0.25, 0.3) is 0 Å². The number of nitrogens with zero attached hydrogens (tertiary/aromatic N) is 1. The van der Waals surface area contributed by atoms with Crippen LogP contribution in [0, 0.1) is 6.92 Å². The van der Waals surface area contributed by atoms with Gasteiger partial charge in [0.05, 0.1) is 6.54 Å². The maximum absolute atomic E-state index is 5.48. The van der Waals surface area contributed by atoms with Crippen LogP contribution in [0.5, 0.6) is 0 Å². The molecule has 0 aromatic heterocycles. The van der Waals surface area contributed by atoms with Crippen molar-refractivity contribution in [3.63, 3.8) is 0 Å². The first-order chi connectivity index (χ1) is 8.75. The van der Waals surface area contributed by atoms with Gasteiger partial charge in [-0.15, -0.1) is 0 Å². The van der Waals surface area contributed by atoms with E-state index in [0.717, 1.165) is 6.54 Å². The van der Waals surface area contributed by atoms with E-state index in [9.17, 15) is 0 Å². The van der Waals surface area contributed by atoms with Gasteiger partial charge in [-0.2, -0.15) is 0 Å². The second kappa shape index (κ2) is 4.63. The number of rotatable bonds is 1. The molecule has 3 nitrogen and oxygen atoms in total. The Morgan fingerprint density at radius 1 is 1.39 bits per heavy atom. The molecule has 1 atom stereocenters. The molecule has 1 N–H and O–H groups in total. The third-order valence-electron chi connectivity index (χ3n) is 3.94. The summed E-state index contributed by atoms with van der Waals surface area (Å²) in [5, 5.41) is 3.40. The molecule has 1 heterocycles. The maximum atomic E-state index is 5.48. The summed E-state index contributed by atoms with van der Waals surface area (Å²) in [5.74, 6) is 0.623. The number of nitrogens with one attached hydrogen (secondary N) is 1. The standard InChI is InChI=1S/C15H20N2O/c1-10-4-3-5-12-7-6-11(2)14(13(10)12)17-15-16-8-9-18-15/h6-7,10H,3-5,8-9H2,1-2H3,(H,16,17).